The van der Waals surface area contributed by atoms with E-state index in [1.54, 1.807) is 0 Å². The Kier molecular flexibility index (Phi) is 8.21. The van der Waals surface area contributed by atoms with Crippen molar-refractivity contribution in [3.8, 4) is 11.8 Å². The van der Waals surface area contributed by atoms with Crippen LogP contribution in [0.3, 0.4) is 0 Å². The van der Waals surface area contributed by atoms with Gasteiger partial charge in [-0.05, 0) is 122 Å². The van der Waals surface area contributed by atoms with E-state index in [0.717, 1.165) is 25.7 Å². The molecule has 226 valence electrons. The van der Waals surface area contributed by atoms with Crippen LogP contribution < -0.4 is 0 Å². The van der Waals surface area contributed by atoms with E-state index in [2.05, 4.69) is 73.3 Å². The lowest BCUT2D eigenvalue weighted by molar-refractivity contribution is -0.280. The molecule has 4 saturated carbocycles. The van der Waals surface area contributed by atoms with Gasteiger partial charge in [0.1, 0.15) is 0 Å². The van der Waals surface area contributed by atoms with Gasteiger partial charge in [0.25, 0.3) is 0 Å². The van der Waals surface area contributed by atoms with Gasteiger partial charge in [0.15, 0.2) is 0 Å². The highest BCUT2D eigenvalue weighted by atomic mass is 16.3. The van der Waals surface area contributed by atoms with Gasteiger partial charge in [0.05, 0.1) is 18.3 Å². The second-order valence-corrected chi connectivity index (χ2v) is 16.7. The highest BCUT2D eigenvalue weighted by molar-refractivity contribution is 5.31. The maximum Gasteiger partial charge on any atom is 0.0656 e. The maximum atomic E-state index is 12.6. The summed E-state index contributed by atoms with van der Waals surface area (Å²) in [4.78, 5) is 0. The van der Waals surface area contributed by atoms with Crippen LogP contribution in [0.15, 0.2) is 11.6 Å². The molecule has 0 amide bonds. The van der Waals surface area contributed by atoms with Gasteiger partial charge in [0, 0.05) is 17.3 Å². The summed E-state index contributed by atoms with van der Waals surface area (Å²) < 4.78 is 0. The summed E-state index contributed by atoms with van der Waals surface area (Å²) in [6.45, 7) is 20.8. The van der Waals surface area contributed by atoms with E-state index in [-0.39, 0.29) is 51.9 Å². The van der Waals surface area contributed by atoms with Crippen molar-refractivity contribution < 1.29 is 15.3 Å². The minimum Gasteiger partial charge on any atom is -0.393 e. The van der Waals surface area contributed by atoms with E-state index in [1.807, 2.05) is 6.92 Å². The number of fused-ring (bicyclic) bond motifs is 3. The molecule has 40 heavy (non-hydrogen) atoms. The van der Waals surface area contributed by atoms with Crippen molar-refractivity contribution in [3.05, 3.63) is 11.6 Å². The Bertz CT molecular complexity index is 1030. The minimum absolute atomic E-state index is 0.0240. The van der Waals surface area contributed by atoms with Gasteiger partial charge in [-0.15, -0.1) is 0 Å². The highest BCUT2D eigenvalue weighted by Crippen LogP contribution is 2.73. The van der Waals surface area contributed by atoms with Gasteiger partial charge in [-0.25, -0.2) is 0 Å². The summed E-state index contributed by atoms with van der Waals surface area (Å²) in [5, 5.41) is 35.3. The zero-order valence-electron chi connectivity index (χ0n) is 27.1. The molecule has 0 aromatic heterocycles. The fourth-order valence-corrected chi connectivity index (χ4v) is 12.2. The molecule has 15 atom stereocenters. The lowest BCUT2D eigenvalue weighted by atomic mass is 9.33. The number of aliphatic hydroxyl groups is 3. The summed E-state index contributed by atoms with van der Waals surface area (Å²) in [5.74, 6) is 10.5. The first-order chi connectivity index (χ1) is 18.7. The molecule has 3 nitrogen and oxygen atoms in total. The predicted octanol–water partition coefficient (Wildman–Crippen LogP) is 7.49. The third-order valence-electron chi connectivity index (χ3n) is 14.2. The van der Waals surface area contributed by atoms with Gasteiger partial charge in [-0.2, -0.15) is 0 Å². The Morgan fingerprint density at radius 3 is 2.30 bits per heavy atom. The van der Waals surface area contributed by atoms with Crippen molar-refractivity contribution in [2.24, 2.45) is 75.4 Å². The molecule has 15 unspecified atom stereocenters. The number of hydrogen-bond donors (Lipinski definition) is 3. The third-order valence-corrected chi connectivity index (χ3v) is 14.2. The standard InChI is InChI=1S/C37H60O3/c1-21(2)28-17-27(16-15-26-13-11-10-12-14-26)23(4)31-29(28)19-35(7)20-36(8)18-22(3)30(25(6)38)34(40)37(36,9)24(5)32(35)33(31)39/h13,21-25,27-34,38-40H,10-12,14,17-20H2,1-9H3. The Morgan fingerprint density at radius 1 is 1.00 bits per heavy atom. The van der Waals surface area contributed by atoms with Crippen molar-refractivity contribution in [1.82, 2.24) is 0 Å². The van der Waals surface area contributed by atoms with Gasteiger partial charge >= 0.3 is 0 Å². The molecule has 0 aromatic carbocycles. The first-order valence-corrected chi connectivity index (χ1v) is 16.9. The summed E-state index contributed by atoms with van der Waals surface area (Å²) in [7, 11) is 0. The third kappa shape index (κ3) is 4.57. The van der Waals surface area contributed by atoms with Crippen LogP contribution >= 0.6 is 0 Å². The fraction of sp³-hybridized carbons (Fsp3) is 0.892. The van der Waals surface area contributed by atoms with E-state index in [1.165, 1.54) is 31.3 Å². The average Bonchev–Trinajstić information content (AvgIpc) is 2.85. The molecule has 0 aliphatic heterocycles. The molecule has 5 aliphatic rings. The highest BCUT2D eigenvalue weighted by Gasteiger charge is 2.70. The lowest BCUT2D eigenvalue weighted by Gasteiger charge is -2.72. The molecule has 0 radical (unpaired) electrons. The summed E-state index contributed by atoms with van der Waals surface area (Å²) >= 11 is 0. The van der Waals surface area contributed by atoms with Crippen LogP contribution in [0, 0.1) is 87.3 Å². The Balaban J connectivity index is 1.52. The zero-order chi connectivity index (χ0) is 29.4. The van der Waals surface area contributed by atoms with Crippen LogP contribution in [0.1, 0.15) is 114 Å². The van der Waals surface area contributed by atoms with E-state index in [9.17, 15) is 15.3 Å². The van der Waals surface area contributed by atoms with Crippen LogP contribution in [-0.4, -0.2) is 33.6 Å². The molecule has 0 aromatic rings. The van der Waals surface area contributed by atoms with Gasteiger partial charge in [0.2, 0.25) is 0 Å². The quantitative estimate of drug-likeness (QED) is 0.311. The van der Waals surface area contributed by atoms with E-state index in [0.29, 0.717) is 29.6 Å². The van der Waals surface area contributed by atoms with E-state index in [4.69, 9.17) is 0 Å². The van der Waals surface area contributed by atoms with Crippen molar-refractivity contribution in [2.75, 3.05) is 0 Å². The smallest absolute Gasteiger partial charge is 0.0656 e. The first kappa shape index (κ1) is 30.6. The van der Waals surface area contributed by atoms with Gasteiger partial charge < -0.3 is 15.3 Å². The summed E-state index contributed by atoms with van der Waals surface area (Å²) in [5.41, 5.74) is 1.01. The topological polar surface area (TPSA) is 60.7 Å². The van der Waals surface area contributed by atoms with Crippen LogP contribution in [-0.2, 0) is 0 Å². The number of aliphatic hydroxyl groups excluding tert-OH is 3. The molecule has 3 N–H and O–H groups in total. The molecular weight excluding hydrogens is 492 g/mol. The molecule has 5 rings (SSSR count). The Morgan fingerprint density at radius 2 is 1.70 bits per heavy atom. The summed E-state index contributed by atoms with van der Waals surface area (Å²) in [6, 6.07) is 0. The number of hydrogen-bond acceptors (Lipinski definition) is 3. The second kappa shape index (κ2) is 10.7. The first-order valence-electron chi connectivity index (χ1n) is 16.9. The van der Waals surface area contributed by atoms with Crippen LogP contribution in [0.25, 0.3) is 0 Å². The van der Waals surface area contributed by atoms with Crippen molar-refractivity contribution in [1.29, 1.82) is 0 Å². The van der Waals surface area contributed by atoms with Crippen molar-refractivity contribution in [3.63, 3.8) is 0 Å². The Labute approximate surface area is 246 Å². The fourth-order valence-electron chi connectivity index (χ4n) is 12.2. The van der Waals surface area contributed by atoms with Crippen LogP contribution in [0.2, 0.25) is 0 Å². The molecule has 3 heteroatoms. The zero-order valence-corrected chi connectivity index (χ0v) is 27.1. The molecule has 0 saturated heterocycles. The predicted molar refractivity (Wildman–Crippen MR) is 164 cm³/mol. The molecular formula is C37H60O3. The van der Waals surface area contributed by atoms with Crippen LogP contribution in [0.5, 0.6) is 0 Å². The largest absolute Gasteiger partial charge is 0.393 e. The SMILES string of the molecule is CC(C)C1CC(C#CC2=CCCCC2)C(C)C2C(O)C3C(C)C4(C)C(O)C(C(C)O)C(C)CC4(C)CC3(C)CC12. The second-order valence-electron chi connectivity index (χ2n) is 16.7. The maximum absolute atomic E-state index is 12.6. The molecule has 0 spiro atoms. The summed E-state index contributed by atoms with van der Waals surface area (Å²) in [6.07, 6.45) is 10.1. The average molecular weight is 553 g/mol. The number of allylic oxidation sites excluding steroid dienone is 2. The molecule has 0 bridgehead atoms. The van der Waals surface area contributed by atoms with Gasteiger partial charge in [-0.3, -0.25) is 0 Å². The van der Waals surface area contributed by atoms with Crippen molar-refractivity contribution in [2.45, 2.75) is 132 Å². The van der Waals surface area contributed by atoms with E-state index >= 15 is 0 Å². The minimum atomic E-state index is -0.569. The molecule has 4 fully saturated rings. The normalized spacial score (nSPS) is 53.3. The monoisotopic (exact) mass is 552 g/mol. The number of rotatable bonds is 2. The van der Waals surface area contributed by atoms with Crippen LogP contribution in [0.4, 0.5) is 0 Å². The molecule has 0 heterocycles. The Hall–Kier alpha value is -0.820. The van der Waals surface area contributed by atoms with Crippen molar-refractivity contribution >= 4 is 0 Å². The lowest BCUT2D eigenvalue weighted by Crippen LogP contribution is -2.70. The molecule has 5 aliphatic carbocycles. The van der Waals surface area contributed by atoms with E-state index < -0.39 is 12.2 Å². The van der Waals surface area contributed by atoms with Gasteiger partial charge in [-0.1, -0.05) is 73.3 Å².